The number of aliphatic hydroxyl groups is 2. The smallest absolute Gasteiger partial charge is 0.246 e. The lowest BCUT2D eigenvalue weighted by molar-refractivity contribution is -0.150. The number of aromatic nitrogens is 2. The topological polar surface area (TPSA) is 639 Å². The molecule has 2 bridgehead atoms. The number of hydrogen-bond acceptors (Lipinski definition) is 22. The average molecular weight is 1890 g/mol. The highest BCUT2D eigenvalue weighted by molar-refractivity contribution is 8.00. The number of thioether (sulfide) groups is 1. The summed E-state index contributed by atoms with van der Waals surface area (Å²) in [5.41, 5.74) is 25.2. The van der Waals surface area contributed by atoms with Gasteiger partial charge in [-0.25, -0.2) is 8.78 Å². The summed E-state index contributed by atoms with van der Waals surface area (Å²) >= 11 is 0.683. The zero-order valence-corrected chi connectivity index (χ0v) is 76.9. The summed E-state index contributed by atoms with van der Waals surface area (Å²) in [6.45, 7) is 3.93. The van der Waals surface area contributed by atoms with Crippen molar-refractivity contribution in [1.29, 1.82) is 5.41 Å². The van der Waals surface area contributed by atoms with Gasteiger partial charge in [0, 0.05) is 112 Å². The molecule has 2 aromatic heterocycles. The molecular weight excluding hydrogens is 1770 g/mol. The highest BCUT2D eigenvalue weighted by Crippen LogP contribution is 2.37. The lowest BCUT2D eigenvalue weighted by atomic mass is 9.86. The van der Waals surface area contributed by atoms with E-state index in [1.54, 1.807) is 55.7 Å². The third-order valence-corrected chi connectivity index (χ3v) is 25.8. The lowest BCUT2D eigenvalue weighted by Crippen LogP contribution is -2.65. The van der Waals surface area contributed by atoms with Crippen molar-refractivity contribution in [3.05, 3.63) is 107 Å². The second kappa shape index (κ2) is 49.2. The maximum Gasteiger partial charge on any atom is 0.246 e. The number of carbonyl (C=O) groups is 17. The number of fused-ring (bicyclic) bond motifs is 4. The van der Waals surface area contributed by atoms with Crippen LogP contribution in [-0.4, -0.2) is 313 Å². The Bertz CT molecular complexity index is 5100. The van der Waals surface area contributed by atoms with E-state index < -0.39 is 271 Å². The summed E-state index contributed by atoms with van der Waals surface area (Å²) in [6.07, 6.45) is 0.926. The number of primary amides is 2. The molecule has 0 spiro atoms. The van der Waals surface area contributed by atoms with Gasteiger partial charge in [-0.2, -0.15) is 0 Å². The molecule has 4 saturated heterocycles. The number of nitrogens with zero attached hydrogens (tertiary/aromatic N) is 5. The number of aliphatic hydroxyl groups excluding tert-OH is 2. The average Bonchev–Trinajstić information content (AvgIpc) is 1.59. The molecule has 17 atom stereocenters. The molecular formula is C89H125F2N23O19S. The van der Waals surface area contributed by atoms with E-state index in [1.807, 2.05) is 26.0 Å². The fourth-order valence-electron chi connectivity index (χ4n) is 17.4. The number of hydrogen-bond donors (Lipinski definition) is 20. The minimum absolute atomic E-state index is 0.00740. The van der Waals surface area contributed by atoms with Crippen molar-refractivity contribution in [3.63, 3.8) is 0 Å². The summed E-state index contributed by atoms with van der Waals surface area (Å²) < 4.78 is 29.8. The Hall–Kier alpha value is -12.9. The van der Waals surface area contributed by atoms with E-state index in [2.05, 4.69) is 68.5 Å². The lowest BCUT2D eigenvalue weighted by Gasteiger charge is -2.42. The highest BCUT2D eigenvalue weighted by atomic mass is 32.2. The number of carbonyl (C=O) groups excluding carboxylic acids is 17. The molecule has 0 aliphatic carbocycles. The van der Waals surface area contributed by atoms with Crippen molar-refractivity contribution in [1.82, 2.24) is 93.0 Å². The van der Waals surface area contributed by atoms with Gasteiger partial charge in [0.15, 0.2) is 5.96 Å². The number of benzene rings is 3. The van der Waals surface area contributed by atoms with E-state index in [0.717, 1.165) is 54.6 Å². The third-order valence-electron chi connectivity index (χ3n) is 24.8. The van der Waals surface area contributed by atoms with Crippen LogP contribution in [-0.2, 0) is 101 Å². The quantitative estimate of drug-likeness (QED) is 0.0155. The number of aryl methyl sites for hydroxylation is 1. The fourth-order valence-corrected chi connectivity index (χ4v) is 18.2. The van der Waals surface area contributed by atoms with Gasteiger partial charge in [-0.1, -0.05) is 82.9 Å². The zero-order chi connectivity index (χ0) is 98.1. The largest absolute Gasteiger partial charge is 0.394 e. The minimum Gasteiger partial charge on any atom is -0.394 e. The maximum atomic E-state index is 15.7. The number of amides is 17. The Morgan fingerprint density at radius 2 is 1.10 bits per heavy atom. The second-order valence-corrected chi connectivity index (χ2v) is 35.5. The first-order valence-corrected chi connectivity index (χ1v) is 46.1. The summed E-state index contributed by atoms with van der Waals surface area (Å²) in [5.74, 6) is -20.8. The van der Waals surface area contributed by atoms with E-state index in [4.69, 9.17) is 28.3 Å². The number of piperidine rings is 1. The van der Waals surface area contributed by atoms with Crippen LogP contribution >= 0.6 is 11.8 Å². The van der Waals surface area contributed by atoms with Crippen LogP contribution in [0.3, 0.4) is 0 Å². The van der Waals surface area contributed by atoms with E-state index in [1.165, 1.54) is 21.0 Å². The van der Waals surface area contributed by atoms with Crippen LogP contribution in [0.2, 0.25) is 0 Å². The molecule has 45 heteroatoms. The molecule has 6 heterocycles. The number of H-pyrrole nitrogens is 2. The fraction of sp³-hybridized carbons (Fsp3) is 0.551. The number of unbranched alkanes of at least 4 members (excludes halogenated alkanes) is 2. The number of halogens is 2. The van der Waals surface area contributed by atoms with Gasteiger partial charge < -0.3 is 126 Å². The Balaban J connectivity index is 1.09. The highest BCUT2D eigenvalue weighted by Gasteiger charge is 2.55. The van der Waals surface area contributed by atoms with Gasteiger partial charge in [0.25, 0.3) is 0 Å². The van der Waals surface area contributed by atoms with Gasteiger partial charge in [-0.15, -0.1) is 11.8 Å². The van der Waals surface area contributed by atoms with E-state index in [-0.39, 0.29) is 89.3 Å². The molecule has 24 N–H and O–H groups in total. The molecule has 0 saturated carbocycles. The van der Waals surface area contributed by atoms with Crippen LogP contribution in [0, 0.1) is 23.0 Å². The molecule has 3 aromatic carbocycles. The van der Waals surface area contributed by atoms with Gasteiger partial charge in [0.05, 0.1) is 31.1 Å². The SMILES string of the molecule is CCCC[C@H]1C(=O)N(C)[C@@H](CCCC)C(=O)N[C@@H](CCCNC(=N)N)C(=O)N[C@H](C(=O)NCC(N)=O)CSCC(=O)N[C@@H](Cc2cc(F)cc(F)c2)C(=O)N(C)[C@@H](C)C(=O)N[C@@H](CCC(N)=O)C(=O)N2CCC[C@H]2C(=O)N[C@@H](CN)C(=O)N[C@H]2CC(C)C3[C@H](O)CC(C(=O)N[C@@H](CCc4c[nH]c5ccccc45)C(=O)N[C@@H](CO)C(=O)N[C@@H](Cc4c[nH]c5ccccc45)C(=O)N1C)N3C2=O. The molecule has 4 aliphatic heterocycles. The van der Waals surface area contributed by atoms with Crippen LogP contribution < -0.4 is 81.4 Å². The van der Waals surface area contributed by atoms with Gasteiger partial charge in [0.2, 0.25) is 100 Å². The predicted octanol–water partition coefficient (Wildman–Crippen LogP) is -3.22. The minimum atomic E-state index is -1.88. The standard InChI is InChI=1S/C89H125F2N23O19S/c1-8-10-23-66-81(126)102-57(22-16-30-97-89(95)96)77(122)109-65(76(121)100-42-72(94)118)44-134-45-73(119)101-61(35-48-33-51(90)37-52(91)34-48)84(129)110(5)47(4)75(120)104-59(28-29-71(93)117)86(131)113-31-17-25-67(113)82(127)107-63(39-92)79(124)105-60-32-46(3)74-70(116)38-69(114(74)87(60)132)83(128)103-58(27-26-49-40-98-55-20-14-12-18-53(49)55)78(123)108-64(43-115)80(125)106-62(36-50-41-99-56-21-15-13-19-54(50)56)85(130)112(7)68(24-11-9-2)88(133)111(66)6/h12-15,18-21,33-34,37,40-41,46-47,57-70,74,98-99,115-116H,8-11,16-17,22-32,35-36,38-39,42-45,92H2,1-7H3,(H2,93,117)(H2,94,118)(H,100,121)(H,101,119)(H,102,126)(H,103,128)(H,104,120)(H,105,124)(H,106,125)(H,107,127)(H,108,123)(H,109,122)(H4,95,96,97)/t46?,47-,57-,58-,59-,60-,61-,62-,63-,64-,65-,66-,67-,68-,69?,70+,74?/m0/s1. The zero-order valence-electron chi connectivity index (χ0n) is 76.0. The van der Waals surface area contributed by atoms with Crippen molar-refractivity contribution in [2.24, 2.45) is 28.9 Å². The number of nitrogens with one attached hydrogen (secondary N) is 14. The summed E-state index contributed by atoms with van der Waals surface area (Å²) in [7, 11) is 3.79. The number of para-hydroxylation sites is 2. The molecule has 134 heavy (non-hydrogen) atoms. The Kier molecular flexibility index (Phi) is 38.5. The molecule has 3 unspecified atom stereocenters. The van der Waals surface area contributed by atoms with Crippen molar-refractivity contribution in [2.45, 2.75) is 240 Å². The third kappa shape index (κ3) is 27.6. The molecule has 4 aliphatic rings. The summed E-state index contributed by atoms with van der Waals surface area (Å²) in [4.78, 5) is 260. The molecule has 17 amide bonds. The number of aromatic amines is 2. The second-order valence-electron chi connectivity index (χ2n) is 34.5. The van der Waals surface area contributed by atoms with Gasteiger partial charge in [0.1, 0.15) is 96.2 Å². The molecule has 4 fully saturated rings. The van der Waals surface area contributed by atoms with Crippen molar-refractivity contribution < 1.29 is 101 Å². The van der Waals surface area contributed by atoms with Crippen LogP contribution in [0.4, 0.5) is 8.78 Å². The first-order chi connectivity index (χ1) is 63.8. The number of guanidine groups is 1. The van der Waals surface area contributed by atoms with Crippen LogP contribution in [0.5, 0.6) is 0 Å². The van der Waals surface area contributed by atoms with E-state index in [9.17, 15) is 66.9 Å². The number of rotatable bonds is 25. The van der Waals surface area contributed by atoms with Crippen molar-refractivity contribution in [2.75, 3.05) is 65.4 Å². The van der Waals surface area contributed by atoms with Gasteiger partial charge >= 0.3 is 0 Å². The van der Waals surface area contributed by atoms with E-state index in [0.29, 0.717) is 65.5 Å². The first-order valence-electron chi connectivity index (χ1n) is 45.0. The summed E-state index contributed by atoms with van der Waals surface area (Å²) in [6, 6.07) is -6.53. The molecule has 5 aromatic rings. The molecule has 42 nitrogen and oxygen atoms in total. The molecule has 730 valence electrons. The van der Waals surface area contributed by atoms with Crippen LogP contribution in [0.25, 0.3) is 21.8 Å². The number of likely N-dealkylation sites (N-methyl/N-ethyl adjacent to an activating group) is 3. The molecule has 0 radical (unpaired) electrons. The van der Waals surface area contributed by atoms with Crippen molar-refractivity contribution in [3.8, 4) is 0 Å². The van der Waals surface area contributed by atoms with Gasteiger partial charge in [-0.05, 0) is 118 Å². The summed E-state index contributed by atoms with van der Waals surface area (Å²) in [5, 5.41) is 60.7. The number of nitrogens with two attached hydrogens (primary N) is 4. The Morgan fingerprint density at radius 3 is 1.74 bits per heavy atom. The van der Waals surface area contributed by atoms with Crippen LogP contribution in [0.1, 0.15) is 141 Å². The van der Waals surface area contributed by atoms with Gasteiger partial charge in [-0.3, -0.25) is 86.9 Å². The Labute approximate surface area is 776 Å². The first kappa shape index (κ1) is 105. The van der Waals surface area contributed by atoms with Crippen molar-refractivity contribution >= 4 is 140 Å². The predicted molar refractivity (Wildman–Crippen MR) is 487 cm³/mol. The van der Waals surface area contributed by atoms with E-state index >= 15 is 33.6 Å². The normalized spacial score (nSPS) is 26.3. The monoisotopic (exact) mass is 1890 g/mol. The maximum absolute atomic E-state index is 15.7. The molecule has 9 rings (SSSR count). The van der Waals surface area contributed by atoms with Crippen LogP contribution in [0.15, 0.2) is 79.1 Å². The Morgan fingerprint density at radius 1 is 0.552 bits per heavy atom.